The second-order valence-corrected chi connectivity index (χ2v) is 4.67. The largest absolute Gasteiger partial charge is 0.331 e. The monoisotopic (exact) mass is 249 g/mol. The van der Waals surface area contributed by atoms with E-state index in [0.29, 0.717) is 15.0 Å². The summed E-state index contributed by atoms with van der Waals surface area (Å²) in [6, 6.07) is 7.74. The Hall–Kier alpha value is -1.57. The molecule has 3 nitrogen and oxygen atoms in total. The third kappa shape index (κ3) is 2.32. The molecule has 0 amide bonds. The number of thiazole rings is 1. The smallest absolute Gasteiger partial charge is 0.188 e. The molecule has 1 aromatic heterocycles. The van der Waals surface area contributed by atoms with Crippen molar-refractivity contribution in [1.82, 2.24) is 4.98 Å². The van der Waals surface area contributed by atoms with Crippen LogP contribution < -0.4 is 5.32 Å². The van der Waals surface area contributed by atoms with Crippen molar-refractivity contribution in [3.8, 4) is 6.07 Å². The number of nitrogens with zero attached hydrogens (tertiary/aromatic N) is 2. The molecule has 1 heterocycles. The number of benzene rings is 1. The molecule has 0 atom stereocenters. The highest BCUT2D eigenvalue weighted by Crippen LogP contribution is 2.25. The van der Waals surface area contributed by atoms with E-state index in [1.807, 2.05) is 31.2 Å². The minimum Gasteiger partial charge on any atom is -0.331 e. The van der Waals surface area contributed by atoms with Crippen LogP contribution in [0.4, 0.5) is 10.8 Å². The third-order valence-corrected chi connectivity index (χ3v) is 3.26. The summed E-state index contributed by atoms with van der Waals surface area (Å²) < 4.78 is 0. The Kier molecular flexibility index (Phi) is 3.09. The molecular formula is C11H8ClN3S. The third-order valence-electron chi connectivity index (χ3n) is 2.04. The van der Waals surface area contributed by atoms with Gasteiger partial charge < -0.3 is 5.32 Å². The fourth-order valence-corrected chi connectivity index (χ4v) is 1.99. The van der Waals surface area contributed by atoms with Gasteiger partial charge in [-0.05, 0) is 24.6 Å². The molecule has 2 aromatic rings. The van der Waals surface area contributed by atoms with Gasteiger partial charge >= 0.3 is 0 Å². The molecule has 0 saturated heterocycles. The minimum atomic E-state index is 0.584. The number of nitrogens with one attached hydrogen (secondary N) is 1. The van der Waals surface area contributed by atoms with E-state index in [2.05, 4.69) is 10.3 Å². The Morgan fingerprint density at radius 2 is 2.31 bits per heavy atom. The van der Waals surface area contributed by atoms with Gasteiger partial charge in [-0.3, -0.25) is 0 Å². The SMILES string of the molecule is Cc1ccc(Nc2ncc(C#N)s2)cc1Cl. The van der Waals surface area contributed by atoms with Gasteiger partial charge in [0.05, 0.1) is 6.20 Å². The molecule has 1 aromatic carbocycles. The van der Waals surface area contributed by atoms with E-state index in [4.69, 9.17) is 16.9 Å². The van der Waals surface area contributed by atoms with Gasteiger partial charge in [-0.1, -0.05) is 29.0 Å². The molecule has 16 heavy (non-hydrogen) atoms. The van der Waals surface area contributed by atoms with Crippen molar-refractivity contribution in [2.24, 2.45) is 0 Å². The number of halogens is 1. The van der Waals surface area contributed by atoms with E-state index >= 15 is 0 Å². The van der Waals surface area contributed by atoms with Gasteiger partial charge in [0.15, 0.2) is 5.13 Å². The van der Waals surface area contributed by atoms with E-state index < -0.39 is 0 Å². The van der Waals surface area contributed by atoms with Crippen LogP contribution in [-0.4, -0.2) is 4.98 Å². The Balaban J connectivity index is 2.21. The number of nitriles is 1. The van der Waals surface area contributed by atoms with Crippen molar-refractivity contribution >= 4 is 33.8 Å². The number of hydrogen-bond donors (Lipinski definition) is 1. The Bertz CT molecular complexity index is 557. The average molecular weight is 250 g/mol. The maximum Gasteiger partial charge on any atom is 0.188 e. The van der Waals surface area contributed by atoms with Crippen LogP contribution in [0.2, 0.25) is 5.02 Å². The lowest BCUT2D eigenvalue weighted by Gasteiger charge is -2.04. The fourth-order valence-electron chi connectivity index (χ4n) is 1.18. The van der Waals surface area contributed by atoms with Crippen LogP contribution in [0.3, 0.4) is 0 Å². The molecule has 0 spiro atoms. The van der Waals surface area contributed by atoms with Gasteiger partial charge in [0.1, 0.15) is 10.9 Å². The summed E-state index contributed by atoms with van der Waals surface area (Å²) in [6.45, 7) is 1.95. The number of hydrogen-bond acceptors (Lipinski definition) is 4. The molecule has 0 unspecified atom stereocenters. The van der Waals surface area contributed by atoms with Crippen molar-refractivity contribution in [1.29, 1.82) is 5.26 Å². The van der Waals surface area contributed by atoms with Crippen LogP contribution in [0, 0.1) is 18.3 Å². The maximum absolute atomic E-state index is 8.67. The number of aromatic nitrogens is 1. The van der Waals surface area contributed by atoms with E-state index in [0.717, 1.165) is 11.3 Å². The first-order chi connectivity index (χ1) is 7.69. The molecule has 5 heteroatoms. The van der Waals surface area contributed by atoms with Crippen LogP contribution in [0.25, 0.3) is 0 Å². The predicted octanol–water partition coefficient (Wildman–Crippen LogP) is 3.72. The molecule has 1 N–H and O–H groups in total. The van der Waals surface area contributed by atoms with Gasteiger partial charge in [-0.25, -0.2) is 4.98 Å². The predicted molar refractivity (Wildman–Crippen MR) is 66.3 cm³/mol. The number of aryl methyl sites for hydroxylation is 1. The van der Waals surface area contributed by atoms with Crippen molar-refractivity contribution < 1.29 is 0 Å². The molecule has 0 saturated carbocycles. The van der Waals surface area contributed by atoms with Crippen molar-refractivity contribution in [3.05, 3.63) is 39.9 Å². The van der Waals surface area contributed by atoms with E-state index in [1.54, 1.807) is 6.20 Å². The zero-order valence-electron chi connectivity index (χ0n) is 8.49. The lowest BCUT2D eigenvalue weighted by molar-refractivity contribution is 1.37. The van der Waals surface area contributed by atoms with Gasteiger partial charge in [0, 0.05) is 10.7 Å². The zero-order valence-corrected chi connectivity index (χ0v) is 10.1. The highest BCUT2D eigenvalue weighted by Gasteiger charge is 2.02. The standard InChI is InChI=1S/C11H8ClN3S/c1-7-2-3-8(4-10(7)12)15-11-14-6-9(5-13)16-11/h2-4,6H,1H3,(H,14,15). The van der Waals surface area contributed by atoms with Gasteiger partial charge in [0.2, 0.25) is 0 Å². The number of rotatable bonds is 2. The fraction of sp³-hybridized carbons (Fsp3) is 0.0909. The normalized spacial score (nSPS) is 9.81. The second kappa shape index (κ2) is 4.52. The first kappa shape index (κ1) is 10.9. The van der Waals surface area contributed by atoms with E-state index in [9.17, 15) is 0 Å². The van der Waals surface area contributed by atoms with Crippen LogP contribution in [0.5, 0.6) is 0 Å². The first-order valence-electron chi connectivity index (χ1n) is 4.58. The van der Waals surface area contributed by atoms with Gasteiger partial charge in [0.25, 0.3) is 0 Å². The molecular weight excluding hydrogens is 242 g/mol. The second-order valence-electron chi connectivity index (χ2n) is 3.23. The Morgan fingerprint density at radius 3 is 2.94 bits per heavy atom. The molecule has 80 valence electrons. The Morgan fingerprint density at radius 1 is 1.50 bits per heavy atom. The van der Waals surface area contributed by atoms with Crippen LogP contribution in [0.1, 0.15) is 10.4 Å². The van der Waals surface area contributed by atoms with E-state index in [-0.39, 0.29) is 0 Å². The van der Waals surface area contributed by atoms with Crippen molar-refractivity contribution in [3.63, 3.8) is 0 Å². The Labute approximate surface area is 102 Å². The number of anilines is 2. The van der Waals surface area contributed by atoms with Crippen molar-refractivity contribution in [2.75, 3.05) is 5.32 Å². The lowest BCUT2D eigenvalue weighted by atomic mass is 10.2. The quantitative estimate of drug-likeness (QED) is 0.883. The average Bonchev–Trinajstić information content (AvgIpc) is 2.71. The summed E-state index contributed by atoms with van der Waals surface area (Å²) >= 11 is 7.31. The zero-order chi connectivity index (χ0) is 11.5. The van der Waals surface area contributed by atoms with Crippen molar-refractivity contribution in [2.45, 2.75) is 6.92 Å². The molecule has 0 aliphatic carbocycles. The highest BCUT2D eigenvalue weighted by atomic mass is 35.5. The summed E-state index contributed by atoms with van der Waals surface area (Å²) in [4.78, 5) is 4.66. The van der Waals surface area contributed by atoms with Crippen LogP contribution >= 0.6 is 22.9 Å². The summed E-state index contributed by atoms with van der Waals surface area (Å²) in [7, 11) is 0. The minimum absolute atomic E-state index is 0.584. The lowest BCUT2D eigenvalue weighted by Crippen LogP contribution is -1.89. The topological polar surface area (TPSA) is 48.7 Å². The summed E-state index contributed by atoms with van der Waals surface area (Å²) in [5.74, 6) is 0. The highest BCUT2D eigenvalue weighted by molar-refractivity contribution is 7.16. The van der Waals surface area contributed by atoms with Gasteiger partial charge in [-0.2, -0.15) is 5.26 Å². The molecule has 0 aliphatic heterocycles. The summed E-state index contributed by atoms with van der Waals surface area (Å²) in [5.41, 5.74) is 1.90. The van der Waals surface area contributed by atoms with Gasteiger partial charge in [-0.15, -0.1) is 0 Å². The summed E-state index contributed by atoms with van der Waals surface area (Å²) in [6.07, 6.45) is 1.54. The first-order valence-corrected chi connectivity index (χ1v) is 5.77. The van der Waals surface area contributed by atoms with Crippen LogP contribution in [-0.2, 0) is 0 Å². The maximum atomic E-state index is 8.67. The van der Waals surface area contributed by atoms with E-state index in [1.165, 1.54) is 11.3 Å². The molecule has 0 bridgehead atoms. The molecule has 0 aliphatic rings. The molecule has 2 rings (SSSR count). The molecule has 0 fully saturated rings. The summed E-state index contributed by atoms with van der Waals surface area (Å²) in [5, 5.41) is 13.2. The molecule has 0 radical (unpaired) electrons. The van der Waals surface area contributed by atoms with Crippen LogP contribution in [0.15, 0.2) is 24.4 Å².